The fraction of sp³-hybridized carbons (Fsp3) is 0.286. The monoisotopic (exact) mass is 431 g/mol. The number of rotatable bonds is 4. The predicted octanol–water partition coefficient (Wildman–Crippen LogP) is 4.28. The van der Waals surface area contributed by atoms with Crippen LogP contribution < -0.4 is 11.3 Å². The fourth-order valence-electron chi connectivity index (χ4n) is 3.56. The highest BCUT2D eigenvalue weighted by Gasteiger charge is 2.36. The summed E-state index contributed by atoms with van der Waals surface area (Å²) in [6.45, 7) is 1.76. The van der Waals surface area contributed by atoms with Crippen LogP contribution >= 0.6 is 23.2 Å². The minimum Gasteiger partial charge on any atom is -0.459 e. The quantitative estimate of drug-likeness (QED) is 0.622. The predicted molar refractivity (Wildman–Crippen MR) is 113 cm³/mol. The average Bonchev–Trinajstić information content (AvgIpc) is 2.67. The van der Waals surface area contributed by atoms with Gasteiger partial charge in [-0.05, 0) is 31.2 Å². The summed E-state index contributed by atoms with van der Waals surface area (Å²) >= 11 is 12.5. The zero-order chi connectivity index (χ0) is 20.7. The van der Waals surface area contributed by atoms with E-state index < -0.39 is 6.04 Å². The topological polar surface area (TPSA) is 87.2 Å². The molecule has 1 aromatic heterocycles. The molecular formula is C21H19Cl2N3O3. The third-order valence-corrected chi connectivity index (χ3v) is 5.73. The van der Waals surface area contributed by atoms with E-state index in [4.69, 9.17) is 33.7 Å². The van der Waals surface area contributed by atoms with Gasteiger partial charge in [0.1, 0.15) is 11.9 Å². The van der Waals surface area contributed by atoms with Gasteiger partial charge in [-0.1, -0.05) is 41.4 Å². The molecule has 0 saturated heterocycles. The number of hydrogen-bond acceptors (Lipinski definition) is 5. The normalized spacial score (nSPS) is 19.6. The number of hydrogen-bond donors (Lipinski definition) is 1. The molecule has 1 fully saturated rings. The molecule has 2 N–H and O–H groups in total. The summed E-state index contributed by atoms with van der Waals surface area (Å²) in [4.78, 5) is 30.0. The lowest BCUT2D eigenvalue weighted by molar-refractivity contribution is -0.00919. The summed E-state index contributed by atoms with van der Waals surface area (Å²) in [5, 5.41) is 0.908. The number of fused-ring (bicyclic) bond motifs is 1. The van der Waals surface area contributed by atoms with E-state index in [0.29, 0.717) is 39.8 Å². The fourth-order valence-corrected chi connectivity index (χ4v) is 3.99. The van der Waals surface area contributed by atoms with Gasteiger partial charge in [0.05, 0.1) is 32.6 Å². The van der Waals surface area contributed by atoms with Crippen LogP contribution in [0.25, 0.3) is 10.9 Å². The molecule has 29 heavy (non-hydrogen) atoms. The first-order valence-corrected chi connectivity index (χ1v) is 10.0. The van der Waals surface area contributed by atoms with Crippen molar-refractivity contribution in [3.8, 4) is 0 Å². The number of nitrogens with zero attached hydrogens (tertiary/aromatic N) is 2. The zero-order valence-electron chi connectivity index (χ0n) is 15.6. The van der Waals surface area contributed by atoms with Gasteiger partial charge in [-0.15, -0.1) is 0 Å². The summed E-state index contributed by atoms with van der Waals surface area (Å²) in [5.41, 5.74) is 6.65. The largest absolute Gasteiger partial charge is 0.459 e. The number of benzene rings is 2. The van der Waals surface area contributed by atoms with Crippen molar-refractivity contribution in [3.05, 3.63) is 74.3 Å². The van der Waals surface area contributed by atoms with Crippen LogP contribution in [-0.2, 0) is 4.74 Å². The van der Waals surface area contributed by atoms with Crippen molar-refractivity contribution in [1.82, 2.24) is 9.55 Å². The highest BCUT2D eigenvalue weighted by Crippen LogP contribution is 2.37. The Kier molecular flexibility index (Phi) is 5.34. The molecule has 1 saturated carbocycles. The number of halogens is 2. The lowest BCUT2D eigenvalue weighted by Gasteiger charge is -2.37. The second kappa shape index (κ2) is 7.78. The van der Waals surface area contributed by atoms with E-state index in [2.05, 4.69) is 4.98 Å². The minimum atomic E-state index is -0.479. The molecular weight excluding hydrogens is 413 g/mol. The van der Waals surface area contributed by atoms with Crippen LogP contribution in [0.2, 0.25) is 10.0 Å². The van der Waals surface area contributed by atoms with E-state index in [-0.39, 0.29) is 29.1 Å². The number of carbonyl (C=O) groups excluding carboxylic acids is 1. The summed E-state index contributed by atoms with van der Waals surface area (Å²) < 4.78 is 7.11. The molecule has 0 radical (unpaired) electrons. The van der Waals surface area contributed by atoms with Crippen molar-refractivity contribution in [2.45, 2.75) is 38.0 Å². The smallest absolute Gasteiger partial charge is 0.338 e. The number of carbonyl (C=O) groups is 1. The Labute approximate surface area is 177 Å². The third-order valence-electron chi connectivity index (χ3n) is 5.11. The van der Waals surface area contributed by atoms with E-state index in [1.165, 1.54) is 0 Å². The van der Waals surface area contributed by atoms with Gasteiger partial charge < -0.3 is 10.5 Å². The van der Waals surface area contributed by atoms with E-state index >= 15 is 0 Å². The van der Waals surface area contributed by atoms with Crippen molar-refractivity contribution in [3.63, 3.8) is 0 Å². The molecule has 150 valence electrons. The van der Waals surface area contributed by atoms with Gasteiger partial charge in [-0.25, -0.2) is 9.78 Å². The Morgan fingerprint density at radius 3 is 2.48 bits per heavy atom. The van der Waals surface area contributed by atoms with Crippen LogP contribution in [0.1, 0.15) is 48.0 Å². The van der Waals surface area contributed by atoms with Crippen molar-refractivity contribution in [1.29, 1.82) is 0 Å². The maximum absolute atomic E-state index is 13.2. The van der Waals surface area contributed by atoms with Crippen molar-refractivity contribution < 1.29 is 9.53 Å². The van der Waals surface area contributed by atoms with Crippen LogP contribution in [-0.4, -0.2) is 21.6 Å². The first-order chi connectivity index (χ1) is 13.9. The molecule has 1 aliphatic carbocycles. The maximum atomic E-state index is 13.2. The van der Waals surface area contributed by atoms with Gasteiger partial charge in [0, 0.05) is 18.9 Å². The minimum absolute atomic E-state index is 0.177. The van der Waals surface area contributed by atoms with Gasteiger partial charge in [0.15, 0.2) is 0 Å². The second-order valence-electron chi connectivity index (χ2n) is 7.21. The SMILES string of the molecule is C[C@H](N)c1nc2c(Cl)ccc(Cl)c2c(=O)n1C1CC(OC(=O)c2ccccc2)C1. The zero-order valence-corrected chi connectivity index (χ0v) is 17.2. The van der Waals surface area contributed by atoms with Crippen LogP contribution in [0.4, 0.5) is 0 Å². The van der Waals surface area contributed by atoms with Crippen LogP contribution in [0.5, 0.6) is 0 Å². The molecule has 0 spiro atoms. The Bertz CT molecular complexity index is 1140. The van der Waals surface area contributed by atoms with E-state index in [1.54, 1.807) is 47.9 Å². The van der Waals surface area contributed by atoms with Crippen molar-refractivity contribution in [2.24, 2.45) is 5.73 Å². The number of ether oxygens (including phenoxy) is 1. The second-order valence-corrected chi connectivity index (χ2v) is 8.02. The molecule has 4 rings (SSSR count). The summed E-state index contributed by atoms with van der Waals surface area (Å²) in [5.74, 6) is 0.0600. The molecule has 0 aliphatic heterocycles. The molecule has 0 unspecified atom stereocenters. The van der Waals surface area contributed by atoms with Gasteiger partial charge >= 0.3 is 5.97 Å². The Hall–Kier alpha value is -2.41. The first kappa shape index (κ1) is 19.9. The molecule has 2 aromatic carbocycles. The van der Waals surface area contributed by atoms with E-state index in [0.717, 1.165) is 0 Å². The molecule has 0 amide bonds. The van der Waals surface area contributed by atoms with Crippen LogP contribution in [0.3, 0.4) is 0 Å². The summed E-state index contributed by atoms with van der Waals surface area (Å²) in [6.07, 6.45) is 0.735. The molecule has 6 nitrogen and oxygen atoms in total. The number of aromatic nitrogens is 2. The highest BCUT2D eigenvalue weighted by atomic mass is 35.5. The Morgan fingerprint density at radius 2 is 1.83 bits per heavy atom. The van der Waals surface area contributed by atoms with Gasteiger partial charge in [0.25, 0.3) is 5.56 Å². The average molecular weight is 432 g/mol. The molecule has 0 bridgehead atoms. The lowest BCUT2D eigenvalue weighted by Crippen LogP contribution is -2.42. The Balaban J connectivity index is 1.63. The van der Waals surface area contributed by atoms with Gasteiger partial charge in [0.2, 0.25) is 0 Å². The molecule has 1 aliphatic rings. The van der Waals surface area contributed by atoms with Crippen LogP contribution in [0, 0.1) is 0 Å². The maximum Gasteiger partial charge on any atom is 0.338 e. The van der Waals surface area contributed by atoms with Crippen LogP contribution in [0.15, 0.2) is 47.3 Å². The number of esters is 1. The Morgan fingerprint density at radius 1 is 1.17 bits per heavy atom. The molecule has 1 atom stereocenters. The summed E-state index contributed by atoms with van der Waals surface area (Å²) in [6, 6.07) is 11.3. The molecule has 8 heteroatoms. The van der Waals surface area contributed by atoms with Gasteiger partial charge in [-0.3, -0.25) is 9.36 Å². The van der Waals surface area contributed by atoms with E-state index in [9.17, 15) is 9.59 Å². The van der Waals surface area contributed by atoms with E-state index in [1.807, 2.05) is 6.07 Å². The molecule has 1 heterocycles. The highest BCUT2D eigenvalue weighted by molar-refractivity contribution is 6.39. The van der Waals surface area contributed by atoms with Gasteiger partial charge in [-0.2, -0.15) is 0 Å². The first-order valence-electron chi connectivity index (χ1n) is 9.28. The summed E-state index contributed by atoms with van der Waals surface area (Å²) in [7, 11) is 0. The van der Waals surface area contributed by atoms with Crippen molar-refractivity contribution in [2.75, 3.05) is 0 Å². The third kappa shape index (κ3) is 3.64. The molecule has 3 aromatic rings. The standard InChI is InChI=1S/C21H19Cl2N3O3/c1-11(24)19-25-18-16(23)8-7-15(22)17(18)20(27)26(19)13-9-14(10-13)29-21(28)12-5-3-2-4-6-12/h2-8,11,13-14H,9-10,24H2,1H3/t11-,13?,14?/m0/s1. The lowest BCUT2D eigenvalue weighted by atomic mass is 9.88. The van der Waals surface area contributed by atoms with Crippen molar-refractivity contribution >= 4 is 40.1 Å². The number of nitrogens with two attached hydrogens (primary N) is 1.